The molecular formula is C8H11N3O4S. The van der Waals surface area contributed by atoms with Crippen LogP contribution < -0.4 is 17.0 Å². The maximum atomic E-state index is 11.3. The highest BCUT2D eigenvalue weighted by Gasteiger charge is 2.13. The Morgan fingerprint density at radius 2 is 2.31 bits per heavy atom. The Morgan fingerprint density at radius 1 is 1.69 bits per heavy atom. The number of carboxylic acid groups (broad SMARTS) is 1. The van der Waals surface area contributed by atoms with Crippen LogP contribution >= 0.6 is 11.8 Å². The second-order valence-electron chi connectivity index (χ2n) is 3.12. The van der Waals surface area contributed by atoms with E-state index in [4.69, 9.17) is 10.8 Å². The minimum Gasteiger partial charge on any atom is -0.480 e. The topological polar surface area (TPSA) is 118 Å². The summed E-state index contributed by atoms with van der Waals surface area (Å²) in [5.74, 6) is -1.06. The fourth-order valence-corrected chi connectivity index (χ4v) is 1.81. The summed E-state index contributed by atoms with van der Waals surface area (Å²) in [4.78, 5) is 35.1. The molecule has 16 heavy (non-hydrogen) atoms. The van der Waals surface area contributed by atoms with Crippen LogP contribution in [-0.4, -0.2) is 32.4 Å². The van der Waals surface area contributed by atoms with E-state index in [2.05, 4.69) is 4.98 Å². The van der Waals surface area contributed by atoms with Crippen LogP contribution in [0.2, 0.25) is 0 Å². The smallest absolute Gasteiger partial charge is 0.328 e. The van der Waals surface area contributed by atoms with Gasteiger partial charge in [0.1, 0.15) is 6.04 Å². The van der Waals surface area contributed by atoms with E-state index in [0.29, 0.717) is 0 Å². The van der Waals surface area contributed by atoms with Gasteiger partial charge in [-0.05, 0) is 0 Å². The number of hydrogen-bond donors (Lipinski definition) is 3. The van der Waals surface area contributed by atoms with Crippen molar-refractivity contribution >= 4 is 17.7 Å². The summed E-state index contributed by atoms with van der Waals surface area (Å²) >= 11 is 0.997. The molecule has 0 aliphatic carbocycles. The summed E-state index contributed by atoms with van der Waals surface area (Å²) in [6, 6.07) is -1.04. The third kappa shape index (κ3) is 2.97. The molecule has 1 atom stereocenters. The van der Waals surface area contributed by atoms with E-state index in [-0.39, 0.29) is 10.6 Å². The molecule has 0 spiro atoms. The number of thioether (sulfide) groups is 1. The molecule has 0 bridgehead atoms. The lowest BCUT2D eigenvalue weighted by molar-refractivity contribution is -0.137. The summed E-state index contributed by atoms with van der Waals surface area (Å²) in [7, 11) is 1.49. The van der Waals surface area contributed by atoms with Crippen LogP contribution in [0.15, 0.2) is 20.7 Å². The number of H-pyrrole nitrogens is 1. The first-order valence-electron chi connectivity index (χ1n) is 4.33. The molecule has 0 radical (unpaired) electrons. The number of aliphatic carboxylic acids is 1. The lowest BCUT2D eigenvalue weighted by Crippen LogP contribution is -2.33. The number of aryl methyl sites for hydroxylation is 1. The fourth-order valence-electron chi connectivity index (χ4n) is 0.894. The van der Waals surface area contributed by atoms with Gasteiger partial charge in [-0.3, -0.25) is 14.6 Å². The van der Waals surface area contributed by atoms with Crippen molar-refractivity contribution in [3.05, 3.63) is 27.0 Å². The molecule has 1 rings (SSSR count). The number of rotatable bonds is 4. The lowest BCUT2D eigenvalue weighted by atomic mass is 10.4. The maximum Gasteiger partial charge on any atom is 0.328 e. The minimum absolute atomic E-state index is 0.0661. The predicted octanol–water partition coefficient (Wildman–Crippen LogP) is -1.42. The quantitative estimate of drug-likeness (QED) is 0.560. The number of nitrogens with two attached hydrogens (primary N) is 1. The van der Waals surface area contributed by atoms with Crippen LogP contribution in [0.1, 0.15) is 0 Å². The van der Waals surface area contributed by atoms with Gasteiger partial charge in [-0.1, -0.05) is 0 Å². The summed E-state index contributed by atoms with van der Waals surface area (Å²) < 4.78 is 1.20. The molecule has 0 aliphatic heterocycles. The van der Waals surface area contributed by atoms with Crippen molar-refractivity contribution in [3.63, 3.8) is 0 Å². The van der Waals surface area contributed by atoms with Gasteiger partial charge >= 0.3 is 11.7 Å². The standard InChI is InChI=1S/C8H11N3O4S/c1-11-2-5(6(12)10-8(11)15)16-3-4(9)7(13)14/h2,4H,3,9H2,1H3,(H,13,14)(H,10,12,15)/t4-/m0/s1. The molecule has 0 fully saturated rings. The largest absolute Gasteiger partial charge is 0.480 e. The summed E-state index contributed by atoms with van der Waals surface area (Å²) in [6.07, 6.45) is 1.35. The van der Waals surface area contributed by atoms with Gasteiger partial charge in [-0.25, -0.2) is 4.79 Å². The highest BCUT2D eigenvalue weighted by Crippen LogP contribution is 2.11. The number of hydrogen-bond acceptors (Lipinski definition) is 5. The van der Waals surface area contributed by atoms with Gasteiger partial charge < -0.3 is 15.4 Å². The summed E-state index contributed by atoms with van der Waals surface area (Å²) in [5, 5.41) is 8.55. The molecule has 0 aliphatic rings. The Labute approximate surface area is 94.3 Å². The average Bonchev–Trinajstić information content (AvgIpc) is 2.20. The van der Waals surface area contributed by atoms with E-state index in [1.165, 1.54) is 17.8 Å². The van der Waals surface area contributed by atoms with Crippen molar-refractivity contribution in [1.29, 1.82) is 0 Å². The summed E-state index contributed by atoms with van der Waals surface area (Å²) in [6.45, 7) is 0. The van der Waals surface area contributed by atoms with E-state index in [0.717, 1.165) is 11.8 Å². The van der Waals surface area contributed by atoms with Crippen molar-refractivity contribution in [3.8, 4) is 0 Å². The molecule has 7 nitrogen and oxygen atoms in total. The zero-order chi connectivity index (χ0) is 12.3. The molecule has 0 unspecified atom stereocenters. The molecule has 0 saturated heterocycles. The van der Waals surface area contributed by atoms with Crippen molar-refractivity contribution in [1.82, 2.24) is 9.55 Å². The zero-order valence-corrected chi connectivity index (χ0v) is 9.28. The van der Waals surface area contributed by atoms with Crippen molar-refractivity contribution in [2.24, 2.45) is 12.8 Å². The van der Waals surface area contributed by atoms with E-state index < -0.39 is 23.3 Å². The highest BCUT2D eigenvalue weighted by atomic mass is 32.2. The van der Waals surface area contributed by atoms with Crippen molar-refractivity contribution in [2.75, 3.05) is 5.75 Å². The van der Waals surface area contributed by atoms with Gasteiger partial charge in [0.05, 0.1) is 4.90 Å². The Morgan fingerprint density at radius 3 is 2.88 bits per heavy atom. The number of nitrogens with zero attached hydrogens (tertiary/aromatic N) is 1. The van der Waals surface area contributed by atoms with Gasteiger partial charge in [0.25, 0.3) is 5.56 Å². The van der Waals surface area contributed by atoms with Gasteiger partial charge in [0.2, 0.25) is 0 Å². The molecule has 0 amide bonds. The van der Waals surface area contributed by atoms with Gasteiger partial charge in [0.15, 0.2) is 0 Å². The van der Waals surface area contributed by atoms with Gasteiger partial charge in [0, 0.05) is 19.0 Å². The first-order chi connectivity index (χ1) is 7.41. The molecule has 8 heteroatoms. The predicted molar refractivity (Wildman–Crippen MR) is 58.6 cm³/mol. The molecule has 1 heterocycles. The molecule has 0 saturated carbocycles. The number of carbonyl (C=O) groups is 1. The van der Waals surface area contributed by atoms with E-state index in [9.17, 15) is 14.4 Å². The van der Waals surface area contributed by atoms with E-state index >= 15 is 0 Å². The van der Waals surface area contributed by atoms with Gasteiger partial charge in [-0.2, -0.15) is 0 Å². The number of aromatic amines is 1. The Bertz CT molecular complexity index is 507. The minimum atomic E-state index is -1.13. The average molecular weight is 245 g/mol. The third-order valence-electron chi connectivity index (χ3n) is 1.81. The van der Waals surface area contributed by atoms with Crippen LogP contribution in [0.5, 0.6) is 0 Å². The van der Waals surface area contributed by atoms with Crippen molar-refractivity contribution in [2.45, 2.75) is 10.9 Å². The molecule has 0 aromatic carbocycles. The Balaban J connectivity index is 2.83. The SMILES string of the molecule is Cn1cc(SC[C@H](N)C(=O)O)c(=O)[nH]c1=O. The zero-order valence-electron chi connectivity index (χ0n) is 8.47. The fraction of sp³-hybridized carbons (Fsp3) is 0.375. The monoisotopic (exact) mass is 245 g/mol. The second kappa shape index (κ2) is 4.99. The van der Waals surface area contributed by atoms with Crippen LogP contribution in [0.3, 0.4) is 0 Å². The molecular weight excluding hydrogens is 234 g/mol. The molecule has 1 aromatic heterocycles. The number of nitrogens with one attached hydrogen (secondary N) is 1. The van der Waals surface area contributed by atoms with Crippen LogP contribution in [-0.2, 0) is 11.8 Å². The molecule has 4 N–H and O–H groups in total. The first-order valence-corrected chi connectivity index (χ1v) is 5.31. The van der Waals surface area contributed by atoms with Gasteiger partial charge in [-0.15, -0.1) is 11.8 Å². The Hall–Kier alpha value is -1.54. The molecule has 88 valence electrons. The third-order valence-corrected chi connectivity index (χ3v) is 2.94. The molecule has 1 aromatic rings. The Kier molecular flexibility index (Phi) is 3.91. The number of aromatic nitrogens is 2. The van der Waals surface area contributed by atoms with Crippen LogP contribution in [0.4, 0.5) is 0 Å². The van der Waals surface area contributed by atoms with Crippen LogP contribution in [0.25, 0.3) is 0 Å². The first kappa shape index (κ1) is 12.5. The maximum absolute atomic E-state index is 11.3. The summed E-state index contributed by atoms with van der Waals surface area (Å²) in [5.41, 5.74) is 4.23. The van der Waals surface area contributed by atoms with E-state index in [1.807, 2.05) is 0 Å². The van der Waals surface area contributed by atoms with E-state index in [1.54, 1.807) is 0 Å². The second-order valence-corrected chi connectivity index (χ2v) is 4.18. The van der Waals surface area contributed by atoms with Crippen LogP contribution in [0, 0.1) is 0 Å². The normalized spacial score (nSPS) is 12.4. The highest BCUT2D eigenvalue weighted by molar-refractivity contribution is 7.99. The lowest BCUT2D eigenvalue weighted by Gasteiger charge is -2.05. The van der Waals surface area contributed by atoms with Crippen molar-refractivity contribution < 1.29 is 9.90 Å². The number of carboxylic acids is 1.